The molecule has 5 heteroatoms. The molecule has 0 saturated carbocycles. The van der Waals surface area contributed by atoms with Crippen molar-refractivity contribution in [1.29, 1.82) is 0 Å². The van der Waals surface area contributed by atoms with E-state index in [2.05, 4.69) is 29.6 Å². The second kappa shape index (κ2) is 7.09. The highest BCUT2D eigenvalue weighted by molar-refractivity contribution is 5.85. The minimum Gasteiger partial charge on any atom is -0.449 e. The molecule has 29 heavy (non-hydrogen) atoms. The summed E-state index contributed by atoms with van der Waals surface area (Å²) in [6.07, 6.45) is -0.229. The fraction of sp³-hybridized carbons (Fsp3) is 0.167. The van der Waals surface area contributed by atoms with Crippen LogP contribution in [0.4, 0.5) is 4.79 Å². The van der Waals surface area contributed by atoms with Crippen molar-refractivity contribution in [3.8, 4) is 16.9 Å². The second-order valence-corrected chi connectivity index (χ2v) is 7.26. The summed E-state index contributed by atoms with van der Waals surface area (Å²) in [5.74, 6) is 0.0486. The summed E-state index contributed by atoms with van der Waals surface area (Å²) in [6, 6.07) is 22.9. The van der Waals surface area contributed by atoms with Crippen LogP contribution >= 0.6 is 0 Å². The molecule has 0 spiro atoms. The number of para-hydroxylation sites is 1. The Hall–Kier alpha value is -3.60. The smallest absolute Gasteiger partial charge is 0.407 e. The minimum absolute atomic E-state index is 0.0211. The molecule has 1 aliphatic carbocycles. The van der Waals surface area contributed by atoms with Crippen molar-refractivity contribution in [2.75, 3.05) is 6.61 Å². The highest BCUT2D eigenvalue weighted by Gasteiger charge is 2.32. The number of hydrogen-bond acceptors (Lipinski definition) is 4. The predicted molar refractivity (Wildman–Crippen MR) is 108 cm³/mol. The van der Waals surface area contributed by atoms with E-state index in [0.717, 1.165) is 16.7 Å². The Morgan fingerprint density at radius 2 is 1.55 bits per heavy atom. The van der Waals surface area contributed by atoms with Crippen molar-refractivity contribution >= 4 is 12.1 Å². The largest absolute Gasteiger partial charge is 0.449 e. The van der Waals surface area contributed by atoms with Crippen molar-refractivity contribution in [3.05, 3.63) is 89.5 Å². The van der Waals surface area contributed by atoms with Crippen LogP contribution in [0, 0.1) is 0 Å². The van der Waals surface area contributed by atoms with Gasteiger partial charge in [-0.2, -0.15) is 0 Å². The molecule has 1 heterocycles. The number of carbonyl (C=O) groups is 2. The third-order valence-corrected chi connectivity index (χ3v) is 5.53. The molecule has 3 aromatic rings. The summed E-state index contributed by atoms with van der Waals surface area (Å²) < 4.78 is 10.8. The Morgan fingerprint density at radius 1 is 0.931 bits per heavy atom. The first kappa shape index (κ1) is 17.5. The lowest BCUT2D eigenvalue weighted by Gasteiger charge is -2.24. The molecule has 1 aliphatic heterocycles. The molecule has 1 atom stereocenters. The van der Waals surface area contributed by atoms with Gasteiger partial charge >= 0.3 is 12.1 Å². The third-order valence-electron chi connectivity index (χ3n) is 5.53. The van der Waals surface area contributed by atoms with Crippen molar-refractivity contribution in [2.45, 2.75) is 18.4 Å². The van der Waals surface area contributed by atoms with Gasteiger partial charge in [-0.15, -0.1) is 0 Å². The number of esters is 1. The standard InChI is InChI=1S/C24H19NO4/c26-23-21(13-15-7-1-6-12-22(15)29-23)25-24(27)28-14-20-18-10-4-2-8-16(18)17-9-3-5-11-19(17)20/h1-12,20-21H,13-14H2,(H,25,27). The molecule has 1 N–H and O–H groups in total. The van der Waals surface area contributed by atoms with E-state index < -0.39 is 18.1 Å². The molecular weight excluding hydrogens is 366 g/mol. The van der Waals surface area contributed by atoms with Crippen LogP contribution in [0.15, 0.2) is 72.8 Å². The van der Waals surface area contributed by atoms with Gasteiger partial charge in [0, 0.05) is 12.3 Å². The van der Waals surface area contributed by atoms with Crippen molar-refractivity contribution in [3.63, 3.8) is 0 Å². The van der Waals surface area contributed by atoms with Gasteiger partial charge in [0.1, 0.15) is 18.4 Å². The normalized spacial score (nSPS) is 17.0. The van der Waals surface area contributed by atoms with Crippen LogP contribution in [-0.2, 0) is 16.0 Å². The Balaban J connectivity index is 1.28. The molecule has 5 nitrogen and oxygen atoms in total. The molecule has 0 fully saturated rings. The van der Waals surface area contributed by atoms with E-state index in [1.807, 2.05) is 42.5 Å². The number of fused-ring (bicyclic) bond motifs is 4. The second-order valence-electron chi connectivity index (χ2n) is 7.26. The van der Waals surface area contributed by atoms with E-state index >= 15 is 0 Å². The van der Waals surface area contributed by atoms with Gasteiger partial charge in [0.15, 0.2) is 0 Å². The Kier molecular flexibility index (Phi) is 4.28. The zero-order chi connectivity index (χ0) is 19.8. The van der Waals surface area contributed by atoms with E-state index in [1.165, 1.54) is 11.1 Å². The molecule has 5 rings (SSSR count). The summed E-state index contributed by atoms with van der Waals surface area (Å²) in [7, 11) is 0. The zero-order valence-corrected chi connectivity index (χ0v) is 15.6. The maximum atomic E-state index is 12.4. The summed E-state index contributed by atoms with van der Waals surface area (Å²) >= 11 is 0. The first-order chi connectivity index (χ1) is 14.2. The summed E-state index contributed by atoms with van der Waals surface area (Å²) in [5, 5.41) is 2.65. The number of carbonyl (C=O) groups excluding carboxylic acids is 2. The van der Waals surface area contributed by atoms with E-state index in [0.29, 0.717) is 12.2 Å². The number of amides is 1. The van der Waals surface area contributed by atoms with Crippen LogP contribution in [0.2, 0.25) is 0 Å². The molecule has 144 valence electrons. The minimum atomic E-state index is -0.749. The number of alkyl carbamates (subject to hydrolysis) is 1. The van der Waals surface area contributed by atoms with E-state index in [-0.39, 0.29) is 12.5 Å². The van der Waals surface area contributed by atoms with Gasteiger partial charge < -0.3 is 14.8 Å². The fourth-order valence-corrected chi connectivity index (χ4v) is 4.15. The first-order valence-corrected chi connectivity index (χ1v) is 9.62. The molecule has 0 radical (unpaired) electrons. The topological polar surface area (TPSA) is 64.6 Å². The quantitative estimate of drug-likeness (QED) is 0.546. The predicted octanol–water partition coefficient (Wildman–Crippen LogP) is 4.06. The Labute approximate surface area is 168 Å². The van der Waals surface area contributed by atoms with Gasteiger partial charge in [-0.3, -0.25) is 0 Å². The molecule has 3 aromatic carbocycles. The van der Waals surface area contributed by atoms with E-state index in [9.17, 15) is 9.59 Å². The van der Waals surface area contributed by atoms with Gasteiger partial charge in [-0.25, -0.2) is 9.59 Å². The van der Waals surface area contributed by atoms with E-state index in [1.54, 1.807) is 6.07 Å². The maximum absolute atomic E-state index is 12.4. The van der Waals surface area contributed by atoms with Crippen LogP contribution in [0.25, 0.3) is 11.1 Å². The van der Waals surface area contributed by atoms with Crippen LogP contribution in [0.3, 0.4) is 0 Å². The molecule has 1 amide bonds. The summed E-state index contributed by atoms with van der Waals surface area (Å²) in [6.45, 7) is 0.207. The number of ether oxygens (including phenoxy) is 2. The number of benzene rings is 3. The molecular formula is C24H19NO4. The SMILES string of the molecule is O=C(NC1Cc2ccccc2OC1=O)OCC1c2ccccc2-c2ccccc21. The monoisotopic (exact) mass is 385 g/mol. The lowest BCUT2D eigenvalue weighted by molar-refractivity contribution is -0.137. The summed E-state index contributed by atoms with van der Waals surface area (Å²) in [4.78, 5) is 24.6. The van der Waals surface area contributed by atoms with Gasteiger partial charge in [-0.1, -0.05) is 66.7 Å². The molecule has 1 unspecified atom stereocenters. The lowest BCUT2D eigenvalue weighted by Crippen LogP contribution is -2.47. The highest BCUT2D eigenvalue weighted by Crippen LogP contribution is 2.44. The van der Waals surface area contributed by atoms with Gasteiger partial charge in [-0.05, 0) is 33.9 Å². The zero-order valence-electron chi connectivity index (χ0n) is 15.6. The third kappa shape index (κ3) is 3.14. The van der Waals surface area contributed by atoms with Crippen LogP contribution in [0.5, 0.6) is 5.75 Å². The maximum Gasteiger partial charge on any atom is 0.407 e. The van der Waals surface area contributed by atoms with Crippen molar-refractivity contribution < 1.29 is 19.1 Å². The van der Waals surface area contributed by atoms with Gasteiger partial charge in [0.05, 0.1) is 0 Å². The van der Waals surface area contributed by atoms with Crippen LogP contribution in [-0.4, -0.2) is 24.7 Å². The molecule has 0 bridgehead atoms. The number of hydrogen-bond donors (Lipinski definition) is 1. The van der Waals surface area contributed by atoms with Gasteiger partial charge in [0.25, 0.3) is 0 Å². The molecule has 0 aromatic heterocycles. The number of rotatable bonds is 3. The Bertz CT molecular complexity index is 1060. The van der Waals surface area contributed by atoms with Crippen molar-refractivity contribution in [1.82, 2.24) is 5.32 Å². The lowest BCUT2D eigenvalue weighted by atomic mass is 9.98. The average molecular weight is 385 g/mol. The number of nitrogens with one attached hydrogen (secondary N) is 1. The Morgan fingerprint density at radius 3 is 2.28 bits per heavy atom. The fourth-order valence-electron chi connectivity index (χ4n) is 4.15. The van der Waals surface area contributed by atoms with Gasteiger partial charge in [0.2, 0.25) is 0 Å². The first-order valence-electron chi connectivity index (χ1n) is 9.62. The van der Waals surface area contributed by atoms with Crippen LogP contribution < -0.4 is 10.1 Å². The van der Waals surface area contributed by atoms with Crippen molar-refractivity contribution in [2.24, 2.45) is 0 Å². The van der Waals surface area contributed by atoms with E-state index in [4.69, 9.17) is 9.47 Å². The van der Waals surface area contributed by atoms with Crippen LogP contribution in [0.1, 0.15) is 22.6 Å². The molecule has 0 saturated heterocycles. The summed E-state index contributed by atoms with van der Waals surface area (Å²) in [5.41, 5.74) is 5.52. The molecule has 2 aliphatic rings. The average Bonchev–Trinajstić information content (AvgIpc) is 3.07. The highest BCUT2D eigenvalue weighted by atomic mass is 16.6.